The molecule has 1 aliphatic heterocycles. The van der Waals surface area contributed by atoms with E-state index in [0.717, 1.165) is 41.3 Å². The van der Waals surface area contributed by atoms with Crippen molar-refractivity contribution in [3.8, 4) is 5.75 Å². The summed E-state index contributed by atoms with van der Waals surface area (Å²) in [6.07, 6.45) is 4.07. The standard InChI is InChI=1S/C25H27BrO4/c1-15(2)19-13-20-17-9-4-3-7-16(17)8-5-12-22(20)30-24(19)18-10-6-11-21(26)25(18)29-14-23(27)28/h3-4,6-7,9-11,19-20,22,24H,1,5,8,12-14H2,2H3,(H,27,28)/t19-,20-,22+,24-/m1/s1. The van der Waals surface area contributed by atoms with Crippen molar-refractivity contribution in [1.29, 1.82) is 0 Å². The molecule has 2 aromatic rings. The number of carbonyl (C=O) groups is 1. The number of hydrogen-bond donors (Lipinski definition) is 1. The van der Waals surface area contributed by atoms with E-state index in [1.165, 1.54) is 11.1 Å². The predicted molar refractivity (Wildman–Crippen MR) is 120 cm³/mol. The van der Waals surface area contributed by atoms with Gasteiger partial charge in [0.15, 0.2) is 6.61 Å². The average Bonchev–Trinajstić information content (AvgIpc) is 2.90. The number of aliphatic carboxylic acids is 1. The smallest absolute Gasteiger partial charge is 0.341 e. The molecule has 0 spiro atoms. The maximum absolute atomic E-state index is 11.1. The number of benzene rings is 2. The maximum atomic E-state index is 11.1. The van der Waals surface area contributed by atoms with E-state index in [2.05, 4.69) is 53.7 Å². The summed E-state index contributed by atoms with van der Waals surface area (Å²) in [5.74, 6) is 0.0119. The molecule has 0 aromatic heterocycles. The van der Waals surface area contributed by atoms with Crippen molar-refractivity contribution in [3.63, 3.8) is 0 Å². The van der Waals surface area contributed by atoms with E-state index in [-0.39, 0.29) is 24.7 Å². The van der Waals surface area contributed by atoms with E-state index in [9.17, 15) is 4.79 Å². The monoisotopic (exact) mass is 470 g/mol. The summed E-state index contributed by atoms with van der Waals surface area (Å²) in [6, 6.07) is 14.5. The van der Waals surface area contributed by atoms with E-state index in [1.807, 2.05) is 18.2 Å². The van der Waals surface area contributed by atoms with Crippen LogP contribution in [0.1, 0.15) is 54.9 Å². The normalized spacial score (nSPS) is 25.5. The summed E-state index contributed by atoms with van der Waals surface area (Å²) in [4.78, 5) is 11.1. The molecule has 0 unspecified atom stereocenters. The number of carboxylic acid groups (broad SMARTS) is 1. The summed E-state index contributed by atoms with van der Waals surface area (Å²) in [5.41, 5.74) is 4.79. The second-order valence-corrected chi connectivity index (χ2v) is 9.18. The van der Waals surface area contributed by atoms with Crippen LogP contribution in [-0.2, 0) is 16.0 Å². The molecule has 0 bridgehead atoms. The highest BCUT2D eigenvalue weighted by Gasteiger charge is 2.42. The van der Waals surface area contributed by atoms with Crippen molar-refractivity contribution in [2.45, 2.75) is 50.7 Å². The lowest BCUT2D eigenvalue weighted by Crippen LogP contribution is -2.36. The van der Waals surface area contributed by atoms with Gasteiger partial charge in [-0.2, -0.15) is 0 Å². The Kier molecular flexibility index (Phi) is 6.30. The fourth-order valence-electron chi connectivity index (χ4n) is 4.93. The Morgan fingerprint density at radius 3 is 2.77 bits per heavy atom. The highest BCUT2D eigenvalue weighted by Crippen LogP contribution is 2.51. The zero-order valence-electron chi connectivity index (χ0n) is 17.1. The first-order chi connectivity index (χ1) is 14.5. The largest absolute Gasteiger partial charge is 0.480 e. The van der Waals surface area contributed by atoms with E-state index in [4.69, 9.17) is 14.6 Å². The van der Waals surface area contributed by atoms with Gasteiger partial charge < -0.3 is 14.6 Å². The molecular weight excluding hydrogens is 444 g/mol. The topological polar surface area (TPSA) is 55.8 Å². The molecule has 4 atom stereocenters. The lowest BCUT2D eigenvalue weighted by Gasteiger charge is -2.43. The van der Waals surface area contributed by atoms with Crippen LogP contribution in [0.5, 0.6) is 5.75 Å². The quantitative estimate of drug-likeness (QED) is 0.539. The summed E-state index contributed by atoms with van der Waals surface area (Å²) in [6.45, 7) is 5.94. The molecule has 5 heteroatoms. The molecule has 1 N–H and O–H groups in total. The maximum Gasteiger partial charge on any atom is 0.341 e. The Labute approximate surface area is 186 Å². The predicted octanol–water partition coefficient (Wildman–Crippen LogP) is 6.05. The fraction of sp³-hybridized carbons (Fsp3) is 0.400. The van der Waals surface area contributed by atoms with Crippen LogP contribution >= 0.6 is 15.9 Å². The van der Waals surface area contributed by atoms with Crippen molar-refractivity contribution < 1.29 is 19.4 Å². The third kappa shape index (κ3) is 4.19. The summed E-state index contributed by atoms with van der Waals surface area (Å²) in [5, 5.41) is 9.10. The molecule has 0 radical (unpaired) electrons. The molecular formula is C25H27BrO4. The molecule has 0 saturated carbocycles. The van der Waals surface area contributed by atoms with Crippen molar-refractivity contribution >= 4 is 21.9 Å². The van der Waals surface area contributed by atoms with Crippen molar-refractivity contribution in [2.24, 2.45) is 5.92 Å². The van der Waals surface area contributed by atoms with Crippen LogP contribution in [-0.4, -0.2) is 23.8 Å². The van der Waals surface area contributed by atoms with Crippen molar-refractivity contribution in [3.05, 3.63) is 75.8 Å². The molecule has 2 aromatic carbocycles. The van der Waals surface area contributed by atoms with Gasteiger partial charge in [-0.1, -0.05) is 48.6 Å². The molecule has 158 valence electrons. The van der Waals surface area contributed by atoms with E-state index < -0.39 is 5.97 Å². The van der Waals surface area contributed by atoms with Gasteiger partial charge in [0, 0.05) is 17.4 Å². The molecule has 30 heavy (non-hydrogen) atoms. The number of carboxylic acids is 1. The van der Waals surface area contributed by atoms with E-state index in [1.54, 1.807) is 0 Å². The Balaban J connectivity index is 1.71. The molecule has 2 aliphatic rings. The highest BCUT2D eigenvalue weighted by atomic mass is 79.9. The molecule has 0 amide bonds. The number of para-hydroxylation sites is 1. The van der Waals surface area contributed by atoms with E-state index >= 15 is 0 Å². The van der Waals surface area contributed by atoms with Crippen LogP contribution in [0, 0.1) is 5.92 Å². The first-order valence-electron chi connectivity index (χ1n) is 10.5. The van der Waals surface area contributed by atoms with Crippen LogP contribution in [0.25, 0.3) is 0 Å². The van der Waals surface area contributed by atoms with Crippen LogP contribution < -0.4 is 4.74 Å². The minimum absolute atomic E-state index is 0.124. The molecule has 4 rings (SSSR count). The van der Waals surface area contributed by atoms with Crippen LogP contribution in [0.15, 0.2) is 59.1 Å². The van der Waals surface area contributed by atoms with Gasteiger partial charge in [-0.05, 0) is 65.7 Å². The summed E-state index contributed by atoms with van der Waals surface area (Å²) < 4.78 is 13.2. The zero-order chi connectivity index (χ0) is 21.3. The Bertz CT molecular complexity index is 954. The molecule has 1 saturated heterocycles. The SMILES string of the molecule is C=C(C)[C@H]1C[C@@H]2c3ccccc3CCC[C@@H]2O[C@@H]1c1cccc(Br)c1OCC(=O)O. The first-order valence-corrected chi connectivity index (χ1v) is 11.3. The minimum Gasteiger partial charge on any atom is -0.480 e. The Morgan fingerprint density at radius 2 is 2.00 bits per heavy atom. The lowest BCUT2D eigenvalue weighted by molar-refractivity contribution is -0.139. The third-order valence-corrected chi connectivity index (χ3v) is 6.93. The summed E-state index contributed by atoms with van der Waals surface area (Å²) >= 11 is 3.53. The minimum atomic E-state index is -1.00. The second-order valence-electron chi connectivity index (χ2n) is 8.32. The lowest BCUT2D eigenvalue weighted by atomic mass is 9.75. The van der Waals surface area contributed by atoms with Gasteiger partial charge in [0.25, 0.3) is 0 Å². The van der Waals surface area contributed by atoms with Crippen molar-refractivity contribution in [1.82, 2.24) is 0 Å². The van der Waals surface area contributed by atoms with Gasteiger partial charge in [0.05, 0.1) is 16.7 Å². The molecule has 1 heterocycles. The van der Waals surface area contributed by atoms with Gasteiger partial charge in [-0.3, -0.25) is 0 Å². The number of halogens is 1. The molecule has 1 aliphatic carbocycles. The van der Waals surface area contributed by atoms with Crippen LogP contribution in [0.2, 0.25) is 0 Å². The number of rotatable bonds is 5. The number of ether oxygens (including phenoxy) is 2. The number of hydrogen-bond acceptors (Lipinski definition) is 3. The van der Waals surface area contributed by atoms with Gasteiger partial charge >= 0.3 is 5.97 Å². The Morgan fingerprint density at radius 1 is 1.23 bits per heavy atom. The average molecular weight is 471 g/mol. The zero-order valence-corrected chi connectivity index (χ0v) is 18.7. The van der Waals surface area contributed by atoms with E-state index in [0.29, 0.717) is 11.7 Å². The number of fused-ring (bicyclic) bond motifs is 3. The van der Waals surface area contributed by atoms with Crippen LogP contribution in [0.3, 0.4) is 0 Å². The van der Waals surface area contributed by atoms with Gasteiger partial charge in [0.2, 0.25) is 0 Å². The second kappa shape index (κ2) is 8.94. The number of aryl methyl sites for hydroxylation is 1. The van der Waals surface area contributed by atoms with Crippen molar-refractivity contribution in [2.75, 3.05) is 6.61 Å². The Hall–Kier alpha value is -2.11. The van der Waals surface area contributed by atoms with Gasteiger partial charge in [-0.25, -0.2) is 4.79 Å². The van der Waals surface area contributed by atoms with Gasteiger partial charge in [-0.15, -0.1) is 0 Å². The molecule has 4 nitrogen and oxygen atoms in total. The molecule has 1 fully saturated rings. The third-order valence-electron chi connectivity index (χ3n) is 6.31. The van der Waals surface area contributed by atoms with Gasteiger partial charge in [0.1, 0.15) is 5.75 Å². The summed E-state index contributed by atoms with van der Waals surface area (Å²) in [7, 11) is 0. The highest BCUT2D eigenvalue weighted by molar-refractivity contribution is 9.10. The fourth-order valence-corrected chi connectivity index (χ4v) is 5.42. The first kappa shape index (κ1) is 21.1. The van der Waals surface area contributed by atoms with Crippen LogP contribution in [0.4, 0.5) is 0 Å².